The van der Waals surface area contributed by atoms with Gasteiger partial charge in [0.05, 0.1) is 28.3 Å². The van der Waals surface area contributed by atoms with Gasteiger partial charge in [-0.1, -0.05) is 32.0 Å². The van der Waals surface area contributed by atoms with Gasteiger partial charge in [0.15, 0.2) is 0 Å². The van der Waals surface area contributed by atoms with Gasteiger partial charge in [0, 0.05) is 0 Å². The van der Waals surface area contributed by atoms with Crippen molar-refractivity contribution in [3.05, 3.63) is 64.8 Å². The molecule has 0 bridgehead atoms. The number of halogens is 3. The summed E-state index contributed by atoms with van der Waals surface area (Å²) in [5, 5.41) is 20.3. The topological polar surface area (TPSA) is 105 Å². The van der Waals surface area contributed by atoms with Crippen LogP contribution in [0.5, 0.6) is 0 Å². The fourth-order valence-electron chi connectivity index (χ4n) is 3.48. The van der Waals surface area contributed by atoms with E-state index in [-0.39, 0.29) is 24.6 Å². The van der Waals surface area contributed by atoms with Crippen LogP contribution in [-0.2, 0) is 23.8 Å². The predicted octanol–water partition coefficient (Wildman–Crippen LogP) is 5.70. The highest BCUT2D eigenvalue weighted by atomic mass is 32.1. The summed E-state index contributed by atoms with van der Waals surface area (Å²) in [5.74, 6) is 0.128. The maximum atomic E-state index is 12.8. The molecule has 1 fully saturated rings. The lowest BCUT2D eigenvalue weighted by molar-refractivity contribution is -0.137. The lowest BCUT2D eigenvalue weighted by Gasteiger charge is -2.07. The van der Waals surface area contributed by atoms with Gasteiger partial charge in [0.2, 0.25) is 17.7 Å². The van der Waals surface area contributed by atoms with E-state index in [4.69, 9.17) is 9.68 Å². The molecule has 4 aromatic rings. The number of nitrogens with zero attached hydrogens (tertiary/aromatic N) is 4. The molecule has 0 radical (unpaired) electrons. The lowest BCUT2D eigenvalue weighted by Crippen LogP contribution is -2.36. The number of nitrogens with one attached hydrogen (secondary N) is 1. The zero-order chi connectivity index (χ0) is 25.9. The maximum absolute atomic E-state index is 12.8. The third kappa shape index (κ3) is 5.71. The van der Waals surface area contributed by atoms with Crippen molar-refractivity contribution in [2.24, 2.45) is 0 Å². The molecule has 1 saturated carbocycles. The second-order valence-electron chi connectivity index (χ2n) is 8.05. The second kappa shape index (κ2) is 10.1. The highest BCUT2D eigenvalue weighted by Gasteiger charge is 2.44. The van der Waals surface area contributed by atoms with Crippen LogP contribution in [0.2, 0.25) is 0 Å². The van der Waals surface area contributed by atoms with Crippen LogP contribution in [0.25, 0.3) is 21.3 Å². The average molecular weight is 514 g/mol. The molecule has 1 amide bonds. The van der Waals surface area contributed by atoms with Gasteiger partial charge in [-0.15, -0.1) is 21.5 Å². The van der Waals surface area contributed by atoms with Crippen molar-refractivity contribution in [1.29, 1.82) is 5.26 Å². The molecule has 1 aliphatic carbocycles. The van der Waals surface area contributed by atoms with Gasteiger partial charge < -0.3 is 9.73 Å². The van der Waals surface area contributed by atoms with Gasteiger partial charge in [0.25, 0.3) is 0 Å². The molecule has 0 aliphatic heterocycles. The Balaban J connectivity index is 0.00000148. The maximum Gasteiger partial charge on any atom is 0.416 e. The van der Waals surface area contributed by atoms with Crippen molar-refractivity contribution >= 4 is 27.5 Å². The molecule has 1 aliphatic rings. The molecular weight excluding hydrogens is 491 g/mol. The number of hydrogen-bond acceptors (Lipinski definition) is 7. The molecule has 5 rings (SSSR count). The molecule has 11 heteroatoms. The highest BCUT2D eigenvalue weighted by molar-refractivity contribution is 7.18. The molecule has 0 saturated heterocycles. The zero-order valence-corrected chi connectivity index (χ0v) is 20.3. The summed E-state index contributed by atoms with van der Waals surface area (Å²) in [6.07, 6.45) is -2.91. The van der Waals surface area contributed by atoms with Crippen molar-refractivity contribution in [3.8, 4) is 17.2 Å². The molecule has 7 nitrogen and oxygen atoms in total. The molecule has 36 heavy (non-hydrogen) atoms. The van der Waals surface area contributed by atoms with E-state index in [1.807, 2.05) is 32.0 Å². The highest BCUT2D eigenvalue weighted by Crippen LogP contribution is 2.35. The first-order valence-electron chi connectivity index (χ1n) is 11.3. The van der Waals surface area contributed by atoms with E-state index in [1.165, 1.54) is 23.5 Å². The van der Waals surface area contributed by atoms with Crippen LogP contribution in [0.1, 0.15) is 49.0 Å². The first-order valence-corrected chi connectivity index (χ1v) is 12.2. The first-order chi connectivity index (χ1) is 17.2. The first kappa shape index (κ1) is 25.3. The summed E-state index contributed by atoms with van der Waals surface area (Å²) in [4.78, 5) is 16.6. The molecule has 2 aromatic heterocycles. The zero-order valence-electron chi connectivity index (χ0n) is 19.5. The van der Waals surface area contributed by atoms with Gasteiger partial charge in [-0.2, -0.15) is 18.4 Å². The minimum absolute atomic E-state index is 0.104. The molecular formula is C25H22F3N5O2S. The Morgan fingerprint density at radius 2 is 1.78 bits per heavy atom. The standard InChI is InChI=1S/C23H16F3N5O2S.C2H6/c24-23(25,26)15-4-1-13(2-5-15)14-3-6-16-17(9-14)34-21(28-16)11-20-31-30-19(33-20)10-18(32)29-22(12-27)7-8-22;1-2/h1-6,9H,7-8,10-11H2,(H,29,32);1-2H3. The molecule has 186 valence electrons. The third-order valence-corrected chi connectivity index (χ3v) is 6.46. The lowest BCUT2D eigenvalue weighted by atomic mass is 10.0. The Morgan fingerprint density at radius 1 is 1.11 bits per heavy atom. The number of rotatable bonds is 6. The van der Waals surface area contributed by atoms with Crippen LogP contribution in [0.4, 0.5) is 13.2 Å². The van der Waals surface area contributed by atoms with Crippen LogP contribution in [0.3, 0.4) is 0 Å². The number of hydrogen-bond donors (Lipinski definition) is 1. The van der Waals surface area contributed by atoms with E-state index < -0.39 is 17.3 Å². The minimum atomic E-state index is -4.37. The van der Waals surface area contributed by atoms with Crippen molar-refractivity contribution in [1.82, 2.24) is 20.5 Å². The summed E-state index contributed by atoms with van der Waals surface area (Å²) in [6, 6.07) is 12.6. The Kier molecular flexibility index (Phi) is 7.08. The number of benzene rings is 2. The summed E-state index contributed by atoms with van der Waals surface area (Å²) in [6.45, 7) is 4.00. The number of fused-ring (bicyclic) bond motifs is 1. The predicted molar refractivity (Wildman–Crippen MR) is 128 cm³/mol. The van der Waals surface area contributed by atoms with Crippen LogP contribution < -0.4 is 5.32 Å². The molecule has 2 aromatic carbocycles. The Labute approximate surface area is 209 Å². The molecule has 0 spiro atoms. The average Bonchev–Trinajstić information content (AvgIpc) is 3.30. The number of amides is 1. The van der Waals surface area contributed by atoms with Gasteiger partial charge in [0.1, 0.15) is 17.0 Å². The number of carbonyl (C=O) groups excluding carboxylic acids is 1. The summed E-state index contributed by atoms with van der Waals surface area (Å²) < 4.78 is 44.8. The summed E-state index contributed by atoms with van der Waals surface area (Å²) in [7, 11) is 0. The van der Waals surface area contributed by atoms with Gasteiger partial charge in [-0.05, 0) is 48.2 Å². The van der Waals surface area contributed by atoms with E-state index in [9.17, 15) is 18.0 Å². The number of alkyl halides is 3. The number of thiazole rings is 1. The number of aromatic nitrogens is 3. The quantitative estimate of drug-likeness (QED) is 0.355. The van der Waals surface area contributed by atoms with E-state index in [1.54, 1.807) is 0 Å². The van der Waals surface area contributed by atoms with Gasteiger partial charge in [-0.25, -0.2) is 4.98 Å². The number of carbonyl (C=O) groups is 1. The van der Waals surface area contributed by atoms with E-state index in [0.717, 1.165) is 32.9 Å². The monoisotopic (exact) mass is 513 g/mol. The van der Waals surface area contributed by atoms with Crippen LogP contribution in [0, 0.1) is 11.3 Å². The number of nitriles is 1. The van der Waals surface area contributed by atoms with Crippen LogP contribution >= 0.6 is 11.3 Å². The summed E-state index contributed by atoms with van der Waals surface area (Å²) >= 11 is 1.42. The van der Waals surface area contributed by atoms with Gasteiger partial charge >= 0.3 is 6.18 Å². The molecule has 2 heterocycles. The van der Waals surface area contributed by atoms with Crippen molar-refractivity contribution in [2.45, 2.75) is 51.2 Å². The minimum Gasteiger partial charge on any atom is -0.424 e. The van der Waals surface area contributed by atoms with Crippen LogP contribution in [0.15, 0.2) is 46.9 Å². The van der Waals surface area contributed by atoms with E-state index in [2.05, 4.69) is 26.6 Å². The van der Waals surface area contributed by atoms with Crippen molar-refractivity contribution < 1.29 is 22.4 Å². The Bertz CT molecular complexity index is 1420. The largest absolute Gasteiger partial charge is 0.424 e. The Hall–Kier alpha value is -3.78. The van der Waals surface area contributed by atoms with E-state index in [0.29, 0.717) is 24.3 Å². The van der Waals surface area contributed by atoms with Crippen molar-refractivity contribution in [3.63, 3.8) is 0 Å². The van der Waals surface area contributed by atoms with Crippen molar-refractivity contribution in [2.75, 3.05) is 0 Å². The SMILES string of the molecule is CC.N#CC1(NC(=O)Cc2nnc(Cc3nc4ccc(-c5ccc(C(F)(F)F)cc5)cc4s3)o2)CC1. The molecule has 0 atom stereocenters. The van der Waals surface area contributed by atoms with Gasteiger partial charge in [-0.3, -0.25) is 4.79 Å². The molecule has 1 N–H and O–H groups in total. The fraction of sp³-hybridized carbons (Fsp3) is 0.320. The van der Waals surface area contributed by atoms with E-state index >= 15 is 0 Å². The fourth-order valence-corrected chi connectivity index (χ4v) is 4.48. The second-order valence-corrected chi connectivity index (χ2v) is 9.17. The summed E-state index contributed by atoms with van der Waals surface area (Å²) in [5.41, 5.74) is 0.773. The third-order valence-electron chi connectivity index (χ3n) is 5.44. The smallest absolute Gasteiger partial charge is 0.416 e. The normalized spacial score (nSPS) is 14.0. The Morgan fingerprint density at radius 3 is 2.42 bits per heavy atom. The van der Waals surface area contributed by atoms with Crippen LogP contribution in [-0.4, -0.2) is 26.6 Å². The molecule has 0 unspecified atom stereocenters.